The van der Waals surface area contributed by atoms with E-state index in [1.54, 1.807) is 6.92 Å². The molecular formula is C24H39NO5Si. The van der Waals surface area contributed by atoms with E-state index in [-0.39, 0.29) is 17.7 Å². The van der Waals surface area contributed by atoms with E-state index in [0.717, 1.165) is 5.56 Å². The number of amides is 1. The highest BCUT2D eigenvalue weighted by atomic mass is 28.4. The minimum Gasteiger partial charge on any atom is -0.459 e. The van der Waals surface area contributed by atoms with Gasteiger partial charge < -0.3 is 13.9 Å². The lowest BCUT2D eigenvalue weighted by atomic mass is 9.98. The predicted octanol–water partition coefficient (Wildman–Crippen LogP) is 5.52. The number of nitrogens with zero attached hydrogens (tertiary/aromatic N) is 1. The molecular weight excluding hydrogens is 410 g/mol. The Balaban J connectivity index is 2.24. The van der Waals surface area contributed by atoms with Gasteiger partial charge in [0.25, 0.3) is 0 Å². The number of esters is 1. The Morgan fingerprint density at radius 3 is 2.19 bits per heavy atom. The molecule has 7 heteroatoms. The number of hydrogen-bond donors (Lipinski definition) is 0. The van der Waals surface area contributed by atoms with E-state index in [1.165, 1.54) is 4.90 Å². The van der Waals surface area contributed by atoms with Crippen LogP contribution in [-0.4, -0.2) is 49.1 Å². The maximum absolute atomic E-state index is 13.2. The Hall–Kier alpha value is -1.86. The van der Waals surface area contributed by atoms with Gasteiger partial charge >= 0.3 is 12.1 Å². The van der Waals surface area contributed by atoms with Gasteiger partial charge in [0.15, 0.2) is 8.32 Å². The largest absolute Gasteiger partial charge is 0.459 e. The van der Waals surface area contributed by atoms with Gasteiger partial charge in [-0.15, -0.1) is 0 Å². The summed E-state index contributed by atoms with van der Waals surface area (Å²) in [6.07, 6.45) is -0.387. The van der Waals surface area contributed by atoms with Crippen LogP contribution in [0.4, 0.5) is 4.79 Å². The van der Waals surface area contributed by atoms with Crippen molar-refractivity contribution in [2.45, 2.75) is 96.9 Å². The molecule has 1 amide bonds. The second-order valence-corrected chi connectivity index (χ2v) is 15.9. The summed E-state index contributed by atoms with van der Waals surface area (Å²) in [6.45, 7) is 18.5. The first-order chi connectivity index (χ1) is 14.1. The zero-order chi connectivity index (χ0) is 23.7. The SMILES string of the molecule is CC(C)(C)OC(=O)N1CC(O[Si](C)(C)C(C)(C)C)CC1(C)C(=O)OCc1ccccc1. The minimum absolute atomic E-state index is 0.0244. The van der Waals surface area contributed by atoms with Crippen molar-refractivity contribution in [1.29, 1.82) is 0 Å². The Bertz CT molecular complexity index is 781. The topological polar surface area (TPSA) is 65.1 Å². The van der Waals surface area contributed by atoms with Crippen molar-refractivity contribution in [2.24, 2.45) is 0 Å². The smallest absolute Gasteiger partial charge is 0.411 e. The fraction of sp³-hybridized carbons (Fsp3) is 0.667. The zero-order valence-electron chi connectivity index (χ0n) is 20.6. The summed E-state index contributed by atoms with van der Waals surface area (Å²) in [4.78, 5) is 27.7. The monoisotopic (exact) mass is 449 g/mol. The molecule has 1 aliphatic rings. The summed E-state index contributed by atoms with van der Waals surface area (Å²) < 4.78 is 17.8. The third-order valence-corrected chi connectivity index (χ3v) is 10.7. The number of likely N-dealkylation sites (tertiary alicyclic amines) is 1. The van der Waals surface area contributed by atoms with Crippen molar-refractivity contribution in [1.82, 2.24) is 4.90 Å². The van der Waals surface area contributed by atoms with Gasteiger partial charge in [0.1, 0.15) is 17.7 Å². The molecule has 174 valence electrons. The maximum Gasteiger partial charge on any atom is 0.411 e. The Morgan fingerprint density at radius 2 is 1.68 bits per heavy atom. The lowest BCUT2D eigenvalue weighted by Gasteiger charge is -2.38. The molecule has 1 aromatic carbocycles. The molecule has 0 aromatic heterocycles. The highest BCUT2D eigenvalue weighted by molar-refractivity contribution is 6.74. The molecule has 1 saturated heterocycles. The van der Waals surface area contributed by atoms with Gasteiger partial charge in [0.05, 0.1) is 12.6 Å². The molecule has 1 heterocycles. The van der Waals surface area contributed by atoms with Crippen LogP contribution < -0.4 is 0 Å². The highest BCUT2D eigenvalue weighted by Crippen LogP contribution is 2.41. The molecule has 2 atom stereocenters. The molecule has 1 aromatic rings. The molecule has 0 radical (unpaired) electrons. The van der Waals surface area contributed by atoms with Crippen LogP contribution in [0.2, 0.25) is 18.1 Å². The Kier molecular flexibility index (Phi) is 7.33. The van der Waals surface area contributed by atoms with E-state index in [2.05, 4.69) is 33.9 Å². The van der Waals surface area contributed by atoms with Crippen LogP contribution in [0.3, 0.4) is 0 Å². The summed E-state index contributed by atoms with van der Waals surface area (Å²) in [5.41, 5.74) is -0.913. The molecule has 2 unspecified atom stereocenters. The van der Waals surface area contributed by atoms with E-state index in [4.69, 9.17) is 13.9 Å². The van der Waals surface area contributed by atoms with Crippen LogP contribution in [0.25, 0.3) is 0 Å². The van der Waals surface area contributed by atoms with Crippen molar-refractivity contribution in [3.05, 3.63) is 35.9 Å². The fourth-order valence-electron chi connectivity index (χ4n) is 3.36. The van der Waals surface area contributed by atoms with Gasteiger partial charge in [-0.25, -0.2) is 9.59 Å². The first-order valence-corrected chi connectivity index (χ1v) is 13.9. The number of hydrogen-bond acceptors (Lipinski definition) is 5. The lowest BCUT2D eigenvalue weighted by Crippen LogP contribution is -2.52. The van der Waals surface area contributed by atoms with Crippen LogP contribution in [-0.2, 0) is 25.3 Å². The number of ether oxygens (including phenoxy) is 2. The van der Waals surface area contributed by atoms with Crippen molar-refractivity contribution in [3.63, 3.8) is 0 Å². The van der Waals surface area contributed by atoms with Crippen molar-refractivity contribution in [3.8, 4) is 0 Å². The summed E-state index contributed by atoms with van der Waals surface area (Å²) in [6, 6.07) is 9.52. The van der Waals surface area contributed by atoms with Gasteiger partial charge in [-0.3, -0.25) is 4.90 Å². The molecule has 0 aliphatic carbocycles. The number of rotatable bonds is 5. The normalized spacial score (nSPS) is 22.4. The summed E-state index contributed by atoms with van der Waals surface area (Å²) in [5.74, 6) is -0.441. The van der Waals surface area contributed by atoms with Crippen LogP contribution in [0.15, 0.2) is 30.3 Å². The summed E-state index contributed by atoms with van der Waals surface area (Å²) in [7, 11) is -2.08. The van der Waals surface area contributed by atoms with Gasteiger partial charge in [-0.05, 0) is 51.4 Å². The van der Waals surface area contributed by atoms with Crippen LogP contribution in [0.5, 0.6) is 0 Å². The summed E-state index contributed by atoms with van der Waals surface area (Å²) in [5, 5.41) is 0.0244. The first kappa shape index (κ1) is 25.4. The van der Waals surface area contributed by atoms with Gasteiger partial charge in [-0.1, -0.05) is 51.1 Å². The molecule has 2 rings (SSSR count). The Labute approximate surface area is 188 Å². The van der Waals surface area contributed by atoms with Crippen LogP contribution in [0, 0.1) is 0 Å². The average Bonchev–Trinajstić information content (AvgIpc) is 2.95. The van der Waals surface area contributed by atoms with Gasteiger partial charge in [-0.2, -0.15) is 0 Å². The second-order valence-electron chi connectivity index (χ2n) is 11.1. The standard InChI is InChI=1S/C24H39NO5Si/c1-22(2,3)29-21(27)25-16-19(30-31(8,9)23(4,5)6)15-24(25,7)20(26)28-17-18-13-11-10-12-14-18/h10-14,19H,15-17H2,1-9H3. The van der Waals surface area contributed by atoms with E-state index in [0.29, 0.717) is 13.0 Å². The van der Waals surface area contributed by atoms with E-state index in [9.17, 15) is 9.59 Å². The molecule has 1 aliphatic heterocycles. The molecule has 6 nitrogen and oxygen atoms in total. The van der Waals surface area contributed by atoms with Crippen LogP contribution in [0.1, 0.15) is 60.5 Å². The van der Waals surface area contributed by atoms with E-state index < -0.39 is 31.5 Å². The maximum atomic E-state index is 13.2. The lowest BCUT2D eigenvalue weighted by molar-refractivity contribution is -0.156. The van der Waals surface area contributed by atoms with Crippen molar-refractivity contribution >= 4 is 20.4 Å². The minimum atomic E-state index is -2.08. The molecule has 0 N–H and O–H groups in total. The molecule has 0 saturated carbocycles. The van der Waals surface area contributed by atoms with Gasteiger partial charge in [0.2, 0.25) is 0 Å². The molecule has 0 bridgehead atoms. The summed E-state index contributed by atoms with van der Waals surface area (Å²) >= 11 is 0. The molecule has 31 heavy (non-hydrogen) atoms. The molecule has 1 fully saturated rings. The first-order valence-electron chi connectivity index (χ1n) is 10.9. The number of carbonyl (C=O) groups is 2. The average molecular weight is 450 g/mol. The predicted molar refractivity (Wildman–Crippen MR) is 124 cm³/mol. The fourth-order valence-corrected chi connectivity index (χ4v) is 4.71. The Morgan fingerprint density at radius 1 is 1.10 bits per heavy atom. The van der Waals surface area contributed by atoms with Gasteiger partial charge in [0, 0.05) is 6.42 Å². The van der Waals surface area contributed by atoms with Crippen molar-refractivity contribution < 1.29 is 23.5 Å². The number of carbonyl (C=O) groups excluding carboxylic acids is 2. The zero-order valence-corrected chi connectivity index (χ0v) is 21.6. The number of benzene rings is 1. The van der Waals surface area contributed by atoms with Crippen molar-refractivity contribution in [2.75, 3.05) is 6.54 Å². The third-order valence-electron chi connectivity index (χ3n) is 6.14. The highest BCUT2D eigenvalue weighted by Gasteiger charge is 2.54. The van der Waals surface area contributed by atoms with E-state index in [1.807, 2.05) is 51.1 Å². The second kappa shape index (κ2) is 8.94. The molecule has 0 spiro atoms. The quantitative estimate of drug-likeness (QED) is 0.437. The third kappa shape index (κ3) is 6.32. The van der Waals surface area contributed by atoms with Crippen LogP contribution >= 0.6 is 0 Å². The van der Waals surface area contributed by atoms with E-state index >= 15 is 0 Å².